The van der Waals surface area contributed by atoms with Gasteiger partial charge in [0, 0.05) is 14.2 Å². The molecule has 1 heterocycles. The van der Waals surface area contributed by atoms with E-state index in [-0.39, 0.29) is 6.10 Å². The zero-order chi connectivity index (χ0) is 7.56. The van der Waals surface area contributed by atoms with E-state index in [2.05, 4.69) is 0 Å². The Labute approximate surface area is 59.7 Å². The van der Waals surface area contributed by atoms with Gasteiger partial charge in [-0.15, -0.1) is 0 Å². The van der Waals surface area contributed by atoms with E-state index >= 15 is 0 Å². The average Bonchev–Trinajstić information content (AvgIpc) is 2.30. The Morgan fingerprint density at radius 3 is 2.40 bits per heavy atom. The summed E-state index contributed by atoms with van der Waals surface area (Å²) in [4.78, 5) is 0. The fourth-order valence-electron chi connectivity index (χ4n) is 0.977. The highest BCUT2D eigenvalue weighted by Gasteiger charge is 2.35. The fraction of sp³-hybridized carbons (Fsp3) is 1.00. The third kappa shape index (κ3) is 1.29. The normalized spacial score (nSPS) is 40.5. The van der Waals surface area contributed by atoms with Crippen molar-refractivity contribution in [3.8, 4) is 0 Å². The Balaban J connectivity index is 2.41. The van der Waals surface area contributed by atoms with Crippen molar-refractivity contribution in [1.82, 2.24) is 0 Å². The van der Waals surface area contributed by atoms with Gasteiger partial charge >= 0.3 is 0 Å². The average molecular weight is 148 g/mol. The first kappa shape index (κ1) is 7.94. The molecule has 0 aromatic rings. The van der Waals surface area contributed by atoms with Crippen molar-refractivity contribution in [2.75, 3.05) is 20.8 Å². The van der Waals surface area contributed by atoms with Crippen LogP contribution in [0.1, 0.15) is 0 Å². The molecule has 1 N–H and O–H groups in total. The lowest BCUT2D eigenvalue weighted by atomic mass is 10.2. The first-order valence-corrected chi connectivity index (χ1v) is 3.15. The molecule has 0 aromatic heterocycles. The molecule has 4 nitrogen and oxygen atoms in total. The monoisotopic (exact) mass is 148 g/mol. The number of ether oxygens (including phenoxy) is 3. The van der Waals surface area contributed by atoms with Gasteiger partial charge < -0.3 is 19.3 Å². The second kappa shape index (κ2) is 3.30. The molecule has 1 fully saturated rings. The second-order valence-corrected chi connectivity index (χ2v) is 2.20. The van der Waals surface area contributed by atoms with E-state index in [0.717, 1.165) is 0 Å². The van der Waals surface area contributed by atoms with E-state index in [1.807, 2.05) is 0 Å². The van der Waals surface area contributed by atoms with Gasteiger partial charge in [-0.1, -0.05) is 0 Å². The van der Waals surface area contributed by atoms with Gasteiger partial charge in [0.2, 0.25) is 0 Å². The van der Waals surface area contributed by atoms with Crippen molar-refractivity contribution in [1.29, 1.82) is 0 Å². The molecule has 0 unspecified atom stereocenters. The van der Waals surface area contributed by atoms with E-state index in [1.54, 1.807) is 0 Å². The summed E-state index contributed by atoms with van der Waals surface area (Å²) in [6.45, 7) is 0.399. The van der Waals surface area contributed by atoms with Gasteiger partial charge in [0.05, 0.1) is 6.61 Å². The summed E-state index contributed by atoms with van der Waals surface area (Å²) in [7, 11) is 3.03. The summed E-state index contributed by atoms with van der Waals surface area (Å²) in [5.74, 6) is 0. The van der Waals surface area contributed by atoms with Gasteiger partial charge in [-0.3, -0.25) is 0 Å². The lowest BCUT2D eigenvalue weighted by Gasteiger charge is -2.13. The van der Waals surface area contributed by atoms with Gasteiger partial charge in [-0.05, 0) is 0 Å². The molecule has 0 amide bonds. The molecule has 3 atom stereocenters. The molecular weight excluding hydrogens is 136 g/mol. The number of aliphatic hydroxyl groups is 1. The van der Waals surface area contributed by atoms with E-state index in [0.29, 0.717) is 6.61 Å². The third-order valence-electron chi connectivity index (χ3n) is 1.62. The van der Waals surface area contributed by atoms with Crippen LogP contribution in [0.5, 0.6) is 0 Å². The quantitative estimate of drug-likeness (QED) is 0.566. The predicted molar refractivity (Wildman–Crippen MR) is 33.6 cm³/mol. The minimum atomic E-state index is -0.657. The molecule has 10 heavy (non-hydrogen) atoms. The van der Waals surface area contributed by atoms with Crippen molar-refractivity contribution >= 4 is 0 Å². The van der Waals surface area contributed by atoms with Crippen LogP contribution in [0.2, 0.25) is 0 Å². The zero-order valence-electron chi connectivity index (χ0n) is 6.11. The van der Waals surface area contributed by atoms with Gasteiger partial charge in [0.1, 0.15) is 12.2 Å². The van der Waals surface area contributed by atoms with Crippen molar-refractivity contribution in [2.45, 2.75) is 18.5 Å². The lowest BCUT2D eigenvalue weighted by molar-refractivity contribution is -0.135. The summed E-state index contributed by atoms with van der Waals surface area (Å²) < 4.78 is 14.7. The fourth-order valence-corrected chi connectivity index (χ4v) is 0.977. The molecule has 0 bridgehead atoms. The molecule has 0 spiro atoms. The maximum atomic E-state index is 9.27. The van der Waals surface area contributed by atoms with E-state index < -0.39 is 12.4 Å². The third-order valence-corrected chi connectivity index (χ3v) is 1.62. The highest BCUT2D eigenvalue weighted by atomic mass is 16.7. The molecular formula is C6H12O4. The Bertz CT molecular complexity index is 93.9. The minimum absolute atomic E-state index is 0.245. The van der Waals surface area contributed by atoms with E-state index in [9.17, 15) is 5.11 Å². The van der Waals surface area contributed by atoms with Gasteiger partial charge in [0.25, 0.3) is 0 Å². The first-order valence-electron chi connectivity index (χ1n) is 3.15. The van der Waals surface area contributed by atoms with Crippen LogP contribution in [0.4, 0.5) is 0 Å². The SMILES string of the molecule is CO[C@@H]1OC[C@@H](OC)[C@@H]1O. The van der Waals surface area contributed by atoms with E-state index in [4.69, 9.17) is 14.2 Å². The lowest BCUT2D eigenvalue weighted by Crippen LogP contribution is -2.32. The largest absolute Gasteiger partial charge is 0.385 e. The maximum Gasteiger partial charge on any atom is 0.185 e. The van der Waals surface area contributed by atoms with Crippen LogP contribution < -0.4 is 0 Å². The summed E-state index contributed by atoms with van der Waals surface area (Å²) >= 11 is 0. The maximum absolute atomic E-state index is 9.27. The van der Waals surface area contributed by atoms with Crippen LogP contribution in [0.15, 0.2) is 0 Å². The molecule has 0 radical (unpaired) electrons. The summed E-state index contributed by atoms with van der Waals surface area (Å²) in [6.07, 6.45) is -1.43. The van der Waals surface area contributed by atoms with Crippen LogP contribution in [0, 0.1) is 0 Å². The van der Waals surface area contributed by atoms with Crippen molar-refractivity contribution < 1.29 is 19.3 Å². The van der Waals surface area contributed by atoms with Gasteiger partial charge in [-0.25, -0.2) is 0 Å². The molecule has 1 saturated heterocycles. The molecule has 0 aromatic carbocycles. The van der Waals surface area contributed by atoms with Gasteiger partial charge in [0.15, 0.2) is 6.29 Å². The number of aliphatic hydroxyl groups excluding tert-OH is 1. The number of methoxy groups -OCH3 is 2. The van der Waals surface area contributed by atoms with Crippen LogP contribution in [-0.4, -0.2) is 44.4 Å². The van der Waals surface area contributed by atoms with E-state index in [1.165, 1.54) is 14.2 Å². The molecule has 1 aliphatic rings. The topological polar surface area (TPSA) is 47.9 Å². The minimum Gasteiger partial charge on any atom is -0.385 e. The van der Waals surface area contributed by atoms with Crippen LogP contribution >= 0.6 is 0 Å². The Hall–Kier alpha value is -0.160. The zero-order valence-corrected chi connectivity index (χ0v) is 6.11. The standard InChI is InChI=1S/C6H12O4/c1-8-4-3-10-6(9-2)5(4)7/h4-7H,3H2,1-2H3/t4-,5+,6-/m1/s1. The number of hydrogen-bond donors (Lipinski definition) is 1. The van der Waals surface area contributed by atoms with Crippen LogP contribution in [0.25, 0.3) is 0 Å². The van der Waals surface area contributed by atoms with Gasteiger partial charge in [-0.2, -0.15) is 0 Å². The van der Waals surface area contributed by atoms with Crippen LogP contribution in [-0.2, 0) is 14.2 Å². The van der Waals surface area contributed by atoms with Crippen molar-refractivity contribution in [3.63, 3.8) is 0 Å². The first-order chi connectivity index (χ1) is 4.79. The highest BCUT2D eigenvalue weighted by Crippen LogP contribution is 2.16. The molecule has 0 saturated carbocycles. The molecule has 1 aliphatic heterocycles. The predicted octanol–water partition coefficient (Wildman–Crippen LogP) is -0.635. The number of rotatable bonds is 2. The molecule has 4 heteroatoms. The van der Waals surface area contributed by atoms with Crippen molar-refractivity contribution in [3.05, 3.63) is 0 Å². The Kier molecular flexibility index (Phi) is 2.62. The Morgan fingerprint density at radius 2 is 2.10 bits per heavy atom. The summed E-state index contributed by atoms with van der Waals surface area (Å²) in [5.41, 5.74) is 0. The number of hydrogen-bond acceptors (Lipinski definition) is 4. The molecule has 60 valence electrons. The summed E-state index contributed by atoms with van der Waals surface area (Å²) in [5, 5.41) is 9.27. The molecule has 0 aliphatic carbocycles. The smallest absolute Gasteiger partial charge is 0.185 e. The van der Waals surface area contributed by atoms with Crippen LogP contribution in [0.3, 0.4) is 0 Å². The summed E-state index contributed by atoms with van der Waals surface area (Å²) in [6, 6.07) is 0. The highest BCUT2D eigenvalue weighted by molar-refractivity contribution is 4.78. The van der Waals surface area contributed by atoms with Crippen molar-refractivity contribution in [2.24, 2.45) is 0 Å². The Morgan fingerprint density at radius 1 is 1.40 bits per heavy atom. The second-order valence-electron chi connectivity index (χ2n) is 2.20. The molecule has 1 rings (SSSR count).